The number of hydrogen-bond acceptors (Lipinski definition) is 4. The molecule has 0 aromatic heterocycles. The van der Waals surface area contributed by atoms with Crippen LogP contribution < -0.4 is 4.74 Å². The van der Waals surface area contributed by atoms with Gasteiger partial charge in [-0.2, -0.15) is 4.99 Å². The van der Waals surface area contributed by atoms with E-state index in [-0.39, 0.29) is 6.79 Å². The van der Waals surface area contributed by atoms with Crippen LogP contribution in [0.5, 0.6) is 5.75 Å². The van der Waals surface area contributed by atoms with Gasteiger partial charge in [0.2, 0.25) is 6.08 Å². The number of nitrogens with zero attached hydrogens (tertiary/aromatic N) is 1. The van der Waals surface area contributed by atoms with Crippen LogP contribution in [0.1, 0.15) is 30.4 Å². The fourth-order valence-electron chi connectivity index (χ4n) is 2.65. The van der Waals surface area contributed by atoms with Crippen molar-refractivity contribution >= 4 is 22.0 Å². The van der Waals surface area contributed by atoms with E-state index in [0.29, 0.717) is 6.61 Å². The van der Waals surface area contributed by atoms with Gasteiger partial charge in [0.25, 0.3) is 0 Å². The lowest BCUT2D eigenvalue weighted by molar-refractivity contribution is -0.0179. The zero-order valence-electron chi connectivity index (χ0n) is 9.74. The SMILES string of the molecule is O=C=NC1(c2c(Br)ccc3c2COCO3)CCC1. The third-order valence-corrected chi connectivity index (χ3v) is 4.33. The Morgan fingerprint density at radius 3 is 2.89 bits per heavy atom. The van der Waals surface area contributed by atoms with E-state index in [0.717, 1.165) is 40.6 Å². The number of benzene rings is 1. The number of rotatable bonds is 2. The number of hydrogen-bond donors (Lipinski definition) is 0. The lowest BCUT2D eigenvalue weighted by Gasteiger charge is -2.40. The maximum Gasteiger partial charge on any atom is 0.235 e. The zero-order valence-corrected chi connectivity index (χ0v) is 11.3. The molecule has 1 aromatic rings. The molecule has 18 heavy (non-hydrogen) atoms. The largest absolute Gasteiger partial charge is 0.467 e. The molecule has 94 valence electrons. The van der Waals surface area contributed by atoms with Crippen molar-refractivity contribution in [1.29, 1.82) is 0 Å². The van der Waals surface area contributed by atoms with Crippen molar-refractivity contribution in [3.05, 3.63) is 27.7 Å². The molecule has 2 aliphatic rings. The molecular formula is C13H12BrNO3. The van der Waals surface area contributed by atoms with E-state index in [1.54, 1.807) is 6.08 Å². The van der Waals surface area contributed by atoms with Gasteiger partial charge in [0.05, 0.1) is 12.1 Å². The van der Waals surface area contributed by atoms with Crippen molar-refractivity contribution in [2.24, 2.45) is 4.99 Å². The van der Waals surface area contributed by atoms with Crippen LogP contribution in [0, 0.1) is 0 Å². The van der Waals surface area contributed by atoms with Gasteiger partial charge in [-0.05, 0) is 31.4 Å². The van der Waals surface area contributed by atoms with Crippen molar-refractivity contribution < 1.29 is 14.3 Å². The van der Waals surface area contributed by atoms with Gasteiger partial charge >= 0.3 is 0 Å². The number of ether oxygens (including phenoxy) is 2. The van der Waals surface area contributed by atoms with E-state index in [9.17, 15) is 4.79 Å². The number of halogens is 1. The molecule has 1 saturated carbocycles. The molecule has 0 N–H and O–H groups in total. The monoisotopic (exact) mass is 309 g/mol. The first kappa shape index (κ1) is 11.9. The van der Waals surface area contributed by atoms with Crippen molar-refractivity contribution in [1.82, 2.24) is 0 Å². The minimum Gasteiger partial charge on any atom is -0.467 e. The fraction of sp³-hybridized carbons (Fsp3) is 0.462. The first-order chi connectivity index (χ1) is 8.77. The summed E-state index contributed by atoms with van der Waals surface area (Å²) >= 11 is 3.55. The van der Waals surface area contributed by atoms with Gasteiger partial charge in [0.1, 0.15) is 5.75 Å². The third kappa shape index (κ3) is 1.70. The number of isocyanates is 1. The quantitative estimate of drug-likeness (QED) is 0.623. The van der Waals surface area contributed by atoms with E-state index in [2.05, 4.69) is 20.9 Å². The molecule has 0 atom stereocenters. The van der Waals surface area contributed by atoms with Gasteiger partial charge in [-0.15, -0.1) is 0 Å². The van der Waals surface area contributed by atoms with Gasteiger partial charge in [-0.25, -0.2) is 4.79 Å². The molecule has 1 aromatic carbocycles. The number of aliphatic imine (C=N–C) groups is 1. The molecule has 1 aliphatic carbocycles. The van der Waals surface area contributed by atoms with Gasteiger partial charge in [-0.3, -0.25) is 0 Å². The molecule has 1 heterocycles. The third-order valence-electron chi connectivity index (χ3n) is 3.67. The molecule has 1 fully saturated rings. The number of carbonyl (C=O) groups excluding carboxylic acids is 1. The second-order valence-corrected chi connectivity index (χ2v) is 5.45. The van der Waals surface area contributed by atoms with Crippen LogP contribution in [0.2, 0.25) is 0 Å². The molecular weight excluding hydrogens is 298 g/mol. The number of fused-ring (bicyclic) bond motifs is 1. The standard InChI is InChI=1S/C13H12BrNO3/c14-10-2-3-11-9(6-17-8-18-11)12(10)13(15-7-16)4-1-5-13/h2-3H,1,4-6,8H2. The molecule has 0 radical (unpaired) electrons. The fourth-order valence-corrected chi connectivity index (χ4v) is 3.39. The van der Waals surface area contributed by atoms with Gasteiger partial charge in [0.15, 0.2) is 6.79 Å². The highest BCUT2D eigenvalue weighted by atomic mass is 79.9. The van der Waals surface area contributed by atoms with Gasteiger partial charge in [0, 0.05) is 15.6 Å². The zero-order chi connectivity index (χ0) is 12.6. The second kappa shape index (κ2) is 4.50. The Hall–Kier alpha value is -1.16. The average Bonchev–Trinajstić information content (AvgIpc) is 2.35. The minimum absolute atomic E-state index is 0.276. The van der Waals surface area contributed by atoms with E-state index in [4.69, 9.17) is 9.47 Å². The van der Waals surface area contributed by atoms with Gasteiger partial charge < -0.3 is 9.47 Å². The molecule has 0 amide bonds. The van der Waals surface area contributed by atoms with Crippen molar-refractivity contribution in [3.8, 4) is 5.75 Å². The summed E-state index contributed by atoms with van der Waals surface area (Å²) in [5.41, 5.74) is 1.58. The van der Waals surface area contributed by atoms with E-state index in [1.807, 2.05) is 12.1 Å². The Balaban J connectivity index is 2.18. The summed E-state index contributed by atoms with van der Waals surface area (Å²) in [5, 5.41) is 0. The van der Waals surface area contributed by atoms with Crippen molar-refractivity contribution in [2.45, 2.75) is 31.4 Å². The van der Waals surface area contributed by atoms with E-state index in [1.165, 1.54) is 0 Å². The molecule has 5 heteroatoms. The van der Waals surface area contributed by atoms with Crippen LogP contribution in [0.3, 0.4) is 0 Å². The summed E-state index contributed by atoms with van der Waals surface area (Å²) in [6.45, 7) is 0.776. The highest BCUT2D eigenvalue weighted by Crippen LogP contribution is 2.50. The van der Waals surface area contributed by atoms with Gasteiger partial charge in [-0.1, -0.05) is 15.9 Å². The first-order valence-corrected chi connectivity index (χ1v) is 6.67. The average molecular weight is 310 g/mol. The van der Waals surface area contributed by atoms with E-state index >= 15 is 0 Å². The Morgan fingerprint density at radius 2 is 2.22 bits per heavy atom. The van der Waals surface area contributed by atoms with Crippen LogP contribution in [0.25, 0.3) is 0 Å². The van der Waals surface area contributed by atoms with Crippen LogP contribution in [-0.2, 0) is 21.7 Å². The highest BCUT2D eigenvalue weighted by molar-refractivity contribution is 9.10. The molecule has 4 nitrogen and oxygen atoms in total. The molecule has 0 spiro atoms. The minimum atomic E-state index is -0.435. The maximum atomic E-state index is 10.7. The molecule has 1 aliphatic heterocycles. The lowest BCUT2D eigenvalue weighted by Crippen LogP contribution is -2.34. The first-order valence-electron chi connectivity index (χ1n) is 5.88. The van der Waals surface area contributed by atoms with Crippen molar-refractivity contribution in [3.63, 3.8) is 0 Å². The predicted octanol–water partition coefficient (Wildman–Crippen LogP) is 3.03. The van der Waals surface area contributed by atoms with Crippen LogP contribution in [0.4, 0.5) is 0 Å². The molecule has 0 unspecified atom stereocenters. The van der Waals surface area contributed by atoms with Crippen molar-refractivity contribution in [2.75, 3.05) is 6.79 Å². The Kier molecular flexibility index (Phi) is 2.98. The molecule has 3 rings (SSSR count). The predicted molar refractivity (Wildman–Crippen MR) is 68.1 cm³/mol. The van der Waals surface area contributed by atoms with Crippen LogP contribution in [-0.4, -0.2) is 12.9 Å². The summed E-state index contributed by atoms with van der Waals surface area (Å²) in [6, 6.07) is 3.86. The van der Waals surface area contributed by atoms with Crippen LogP contribution >= 0.6 is 15.9 Å². The smallest absolute Gasteiger partial charge is 0.235 e. The summed E-state index contributed by atoms with van der Waals surface area (Å²) < 4.78 is 11.8. The molecule has 0 saturated heterocycles. The Bertz CT molecular complexity index is 533. The second-order valence-electron chi connectivity index (χ2n) is 4.60. The van der Waals surface area contributed by atoms with E-state index < -0.39 is 5.54 Å². The molecule has 0 bridgehead atoms. The Morgan fingerprint density at radius 1 is 1.39 bits per heavy atom. The Labute approximate surface area is 113 Å². The normalized spacial score (nSPS) is 20.1. The summed E-state index contributed by atoms with van der Waals surface area (Å²) in [5.74, 6) is 0.826. The van der Waals surface area contributed by atoms with Crippen LogP contribution in [0.15, 0.2) is 21.6 Å². The summed E-state index contributed by atoms with van der Waals surface area (Å²) in [7, 11) is 0. The summed E-state index contributed by atoms with van der Waals surface area (Å²) in [6.07, 6.45) is 4.53. The topological polar surface area (TPSA) is 47.9 Å². The lowest BCUT2D eigenvalue weighted by atomic mass is 9.71. The maximum absolute atomic E-state index is 10.7. The summed E-state index contributed by atoms with van der Waals surface area (Å²) in [4.78, 5) is 14.8. The highest BCUT2D eigenvalue weighted by Gasteiger charge is 2.43.